The van der Waals surface area contributed by atoms with Gasteiger partial charge in [-0.3, -0.25) is 4.79 Å². The summed E-state index contributed by atoms with van der Waals surface area (Å²) in [6.07, 6.45) is 4.64. The molecule has 4 N–H and O–H groups in total. The van der Waals surface area contributed by atoms with Crippen molar-refractivity contribution in [3.63, 3.8) is 0 Å². The van der Waals surface area contributed by atoms with Crippen LogP contribution in [0.3, 0.4) is 0 Å². The summed E-state index contributed by atoms with van der Waals surface area (Å²) in [5, 5.41) is 0. The number of nitrogens with two attached hydrogens (primary N) is 2. The van der Waals surface area contributed by atoms with E-state index in [9.17, 15) is 4.79 Å². The van der Waals surface area contributed by atoms with Crippen LogP contribution in [0.15, 0.2) is 0 Å². The second-order valence-electron chi connectivity index (χ2n) is 5.53. The van der Waals surface area contributed by atoms with Crippen LogP contribution in [0.25, 0.3) is 0 Å². The fourth-order valence-electron chi connectivity index (χ4n) is 2.61. The summed E-state index contributed by atoms with van der Waals surface area (Å²) in [6.45, 7) is 5.48. The molecule has 0 saturated heterocycles. The lowest BCUT2D eigenvalue weighted by Crippen LogP contribution is -2.45. The zero-order valence-electron chi connectivity index (χ0n) is 11.1. The number of carbonyl (C=O) groups is 1. The van der Waals surface area contributed by atoms with Gasteiger partial charge in [-0.25, -0.2) is 0 Å². The topological polar surface area (TPSA) is 78.3 Å². The van der Waals surface area contributed by atoms with Gasteiger partial charge in [0.2, 0.25) is 5.91 Å². The first-order valence-corrected chi connectivity index (χ1v) is 6.61. The molecule has 4 heteroatoms. The van der Waals surface area contributed by atoms with Crippen molar-refractivity contribution in [2.75, 3.05) is 13.2 Å². The van der Waals surface area contributed by atoms with Gasteiger partial charge in [-0.2, -0.15) is 0 Å². The maximum absolute atomic E-state index is 10.7. The van der Waals surface area contributed by atoms with E-state index in [1.807, 2.05) is 0 Å². The fraction of sp³-hybridized carbons (Fsp3) is 0.923. The van der Waals surface area contributed by atoms with E-state index >= 15 is 0 Å². The van der Waals surface area contributed by atoms with Gasteiger partial charge in [-0.1, -0.05) is 13.8 Å². The van der Waals surface area contributed by atoms with Crippen LogP contribution in [0.1, 0.15) is 46.0 Å². The zero-order chi connectivity index (χ0) is 12.9. The molecule has 0 atom stereocenters. The molecule has 4 nitrogen and oxygen atoms in total. The molecule has 0 aromatic carbocycles. The van der Waals surface area contributed by atoms with Gasteiger partial charge in [0.25, 0.3) is 0 Å². The first kappa shape index (κ1) is 14.5. The third kappa shape index (κ3) is 4.28. The van der Waals surface area contributed by atoms with Crippen molar-refractivity contribution < 1.29 is 9.53 Å². The van der Waals surface area contributed by atoms with Gasteiger partial charge < -0.3 is 16.2 Å². The first-order valence-electron chi connectivity index (χ1n) is 6.61. The molecule has 1 amide bonds. The lowest BCUT2D eigenvalue weighted by molar-refractivity contribution is -0.122. The molecule has 0 aromatic heterocycles. The van der Waals surface area contributed by atoms with Gasteiger partial charge in [0.15, 0.2) is 0 Å². The van der Waals surface area contributed by atoms with Gasteiger partial charge in [0.1, 0.15) is 0 Å². The van der Waals surface area contributed by atoms with Crippen molar-refractivity contribution in [3.8, 4) is 0 Å². The molecule has 0 radical (unpaired) electrons. The van der Waals surface area contributed by atoms with Crippen LogP contribution in [0, 0.1) is 11.8 Å². The summed E-state index contributed by atoms with van der Waals surface area (Å²) < 4.78 is 5.83. The molecule has 0 unspecified atom stereocenters. The van der Waals surface area contributed by atoms with Crippen molar-refractivity contribution in [1.29, 1.82) is 0 Å². The molecule has 0 heterocycles. The number of hydrogen-bond donors (Lipinski definition) is 2. The highest BCUT2D eigenvalue weighted by molar-refractivity contribution is 5.73. The maximum Gasteiger partial charge on any atom is 0.219 e. The van der Waals surface area contributed by atoms with E-state index in [1.165, 1.54) is 12.8 Å². The molecule has 0 bridgehead atoms. The predicted molar refractivity (Wildman–Crippen MR) is 68.3 cm³/mol. The Hall–Kier alpha value is -0.610. The van der Waals surface area contributed by atoms with Gasteiger partial charge in [-0.05, 0) is 37.5 Å². The Bertz CT molecular complexity index is 246. The molecule has 100 valence electrons. The Morgan fingerprint density at radius 1 is 1.41 bits per heavy atom. The monoisotopic (exact) mass is 242 g/mol. The molecule has 1 rings (SSSR count). The molecule has 1 aliphatic rings. The third-order valence-electron chi connectivity index (χ3n) is 4.01. The second-order valence-corrected chi connectivity index (χ2v) is 5.53. The highest BCUT2D eigenvalue weighted by atomic mass is 16.5. The summed E-state index contributed by atoms with van der Waals surface area (Å²) in [4.78, 5) is 10.7. The van der Waals surface area contributed by atoms with Crippen LogP contribution in [-0.4, -0.2) is 24.7 Å². The standard InChI is InChI=1S/C13H26N2O2/c1-10(2)11-3-6-13(9-14,7-4-11)17-8-5-12(15)16/h10-11H,3-9,14H2,1-2H3,(H2,15,16). The van der Waals surface area contributed by atoms with Gasteiger partial charge in [0.05, 0.1) is 12.2 Å². The van der Waals surface area contributed by atoms with Crippen LogP contribution >= 0.6 is 0 Å². The van der Waals surface area contributed by atoms with E-state index in [2.05, 4.69) is 13.8 Å². The summed E-state index contributed by atoms with van der Waals surface area (Å²) in [7, 11) is 0. The average molecular weight is 242 g/mol. The van der Waals surface area contributed by atoms with Crippen LogP contribution in [0.5, 0.6) is 0 Å². The smallest absolute Gasteiger partial charge is 0.219 e. The lowest BCUT2D eigenvalue weighted by Gasteiger charge is -2.40. The molecule has 17 heavy (non-hydrogen) atoms. The average Bonchev–Trinajstić information content (AvgIpc) is 2.29. The summed E-state index contributed by atoms with van der Waals surface area (Å²) in [5.41, 5.74) is 10.7. The number of rotatable bonds is 6. The normalized spacial score (nSPS) is 29.5. The molecule has 1 fully saturated rings. The van der Waals surface area contributed by atoms with E-state index in [-0.39, 0.29) is 17.9 Å². The molecule has 0 aromatic rings. The molecule has 0 aliphatic heterocycles. The van der Waals surface area contributed by atoms with Gasteiger partial charge in [-0.15, -0.1) is 0 Å². The van der Waals surface area contributed by atoms with Gasteiger partial charge in [0, 0.05) is 13.0 Å². The second kappa shape index (κ2) is 6.36. The fourth-order valence-corrected chi connectivity index (χ4v) is 2.61. The van der Waals surface area contributed by atoms with E-state index < -0.39 is 0 Å². The molecular weight excluding hydrogens is 216 g/mol. The zero-order valence-corrected chi connectivity index (χ0v) is 11.1. The molecule has 0 spiro atoms. The van der Waals surface area contributed by atoms with Gasteiger partial charge >= 0.3 is 0 Å². The lowest BCUT2D eigenvalue weighted by atomic mass is 9.74. The van der Waals surface area contributed by atoms with Crippen molar-refractivity contribution in [2.24, 2.45) is 23.3 Å². The number of carbonyl (C=O) groups excluding carboxylic acids is 1. The summed E-state index contributed by atoms with van der Waals surface area (Å²) >= 11 is 0. The highest BCUT2D eigenvalue weighted by Crippen LogP contribution is 2.37. The van der Waals surface area contributed by atoms with Crippen molar-refractivity contribution >= 4 is 5.91 Å². The van der Waals surface area contributed by atoms with E-state index in [0.29, 0.717) is 13.2 Å². The minimum Gasteiger partial charge on any atom is -0.373 e. The van der Waals surface area contributed by atoms with Crippen molar-refractivity contribution in [3.05, 3.63) is 0 Å². The largest absolute Gasteiger partial charge is 0.373 e. The SMILES string of the molecule is CC(C)C1CCC(CN)(OCCC(N)=O)CC1. The quantitative estimate of drug-likeness (QED) is 0.739. The van der Waals surface area contributed by atoms with E-state index in [4.69, 9.17) is 16.2 Å². The minimum atomic E-state index is -0.312. The number of amides is 1. The van der Waals surface area contributed by atoms with Crippen LogP contribution in [0.2, 0.25) is 0 Å². The van der Waals surface area contributed by atoms with E-state index in [1.54, 1.807) is 0 Å². The predicted octanol–water partition coefficient (Wildman–Crippen LogP) is 1.42. The summed E-state index contributed by atoms with van der Waals surface area (Å²) in [5.74, 6) is 1.21. The summed E-state index contributed by atoms with van der Waals surface area (Å²) in [6, 6.07) is 0. The Kier molecular flexibility index (Phi) is 5.40. The number of hydrogen-bond acceptors (Lipinski definition) is 3. The Morgan fingerprint density at radius 2 is 2.00 bits per heavy atom. The molecular formula is C13H26N2O2. The first-order chi connectivity index (χ1) is 7.99. The van der Waals surface area contributed by atoms with Crippen LogP contribution in [-0.2, 0) is 9.53 Å². The Morgan fingerprint density at radius 3 is 2.41 bits per heavy atom. The van der Waals surface area contributed by atoms with E-state index in [0.717, 1.165) is 24.7 Å². The van der Waals surface area contributed by atoms with Crippen molar-refractivity contribution in [2.45, 2.75) is 51.6 Å². The van der Waals surface area contributed by atoms with Crippen molar-refractivity contribution in [1.82, 2.24) is 0 Å². The highest BCUT2D eigenvalue weighted by Gasteiger charge is 2.35. The third-order valence-corrected chi connectivity index (χ3v) is 4.01. The number of ether oxygens (including phenoxy) is 1. The van der Waals surface area contributed by atoms with Crippen LogP contribution in [0.4, 0.5) is 0 Å². The molecule has 1 aliphatic carbocycles. The van der Waals surface area contributed by atoms with Crippen LogP contribution < -0.4 is 11.5 Å². The Labute approximate surface area is 104 Å². The maximum atomic E-state index is 10.7. The Balaban J connectivity index is 2.40. The number of primary amides is 1. The molecule has 1 saturated carbocycles. The minimum absolute atomic E-state index is 0.207.